The summed E-state index contributed by atoms with van der Waals surface area (Å²) in [5.41, 5.74) is 0.275. The lowest BCUT2D eigenvalue weighted by Gasteiger charge is -2.34. The van der Waals surface area contributed by atoms with E-state index >= 15 is 0 Å². The molecule has 0 aromatic rings. The van der Waals surface area contributed by atoms with Gasteiger partial charge in [0.05, 0.1) is 12.7 Å². The number of alkyl halides is 2. The maximum absolute atomic E-state index is 13.0. The van der Waals surface area contributed by atoms with E-state index in [0.717, 1.165) is 13.2 Å². The summed E-state index contributed by atoms with van der Waals surface area (Å²) in [4.78, 5) is 2.19. The smallest absolute Gasteiger partial charge is 0.250 e. The van der Waals surface area contributed by atoms with Crippen molar-refractivity contribution < 1.29 is 13.5 Å². The third-order valence-electron chi connectivity index (χ3n) is 3.83. The van der Waals surface area contributed by atoms with Gasteiger partial charge in [-0.25, -0.2) is 8.78 Å². The highest BCUT2D eigenvalue weighted by Crippen LogP contribution is 2.47. The van der Waals surface area contributed by atoms with Crippen molar-refractivity contribution in [3.8, 4) is 0 Å². The molecule has 114 valence electrons. The van der Waals surface area contributed by atoms with E-state index in [1.165, 1.54) is 12.8 Å². The molecule has 0 amide bonds. The molecule has 1 saturated heterocycles. The first-order valence-corrected chi connectivity index (χ1v) is 7.63. The van der Waals surface area contributed by atoms with Gasteiger partial charge in [0.15, 0.2) is 0 Å². The fourth-order valence-electron chi connectivity index (χ4n) is 2.38. The van der Waals surface area contributed by atoms with E-state index in [1.807, 2.05) is 27.7 Å². The highest BCUT2D eigenvalue weighted by Gasteiger charge is 2.45. The van der Waals surface area contributed by atoms with Crippen molar-refractivity contribution in [2.75, 3.05) is 26.2 Å². The van der Waals surface area contributed by atoms with Crippen molar-refractivity contribution in [3.63, 3.8) is 0 Å². The van der Waals surface area contributed by atoms with Crippen molar-refractivity contribution in [3.05, 3.63) is 0 Å². The zero-order valence-corrected chi connectivity index (χ0v) is 12.8. The second kappa shape index (κ2) is 6.98. The molecule has 0 unspecified atom stereocenters. The van der Waals surface area contributed by atoms with Gasteiger partial charge in [0.1, 0.15) is 0 Å². The van der Waals surface area contributed by atoms with Crippen molar-refractivity contribution in [2.24, 2.45) is 5.41 Å². The minimum absolute atomic E-state index is 0.0219. The summed E-state index contributed by atoms with van der Waals surface area (Å²) >= 11 is 0. The molecule has 0 bridgehead atoms. The summed E-state index contributed by atoms with van der Waals surface area (Å²) in [6.45, 7) is 10.9. The minimum Gasteiger partial charge on any atom is -0.378 e. The van der Waals surface area contributed by atoms with Crippen LogP contribution in [-0.4, -0.2) is 43.2 Å². The topological polar surface area (TPSA) is 12.5 Å². The molecule has 2 aliphatic rings. The van der Waals surface area contributed by atoms with E-state index in [-0.39, 0.29) is 24.4 Å². The number of likely N-dealkylation sites (tertiary alicyclic amines) is 1. The monoisotopic (exact) mass is 277 g/mol. The Morgan fingerprint density at radius 1 is 1.05 bits per heavy atom. The Labute approximate surface area is 116 Å². The Morgan fingerprint density at radius 3 is 2.00 bits per heavy atom. The highest BCUT2D eigenvalue weighted by molar-refractivity contribution is 4.96. The molecule has 1 saturated carbocycles. The van der Waals surface area contributed by atoms with Gasteiger partial charge >= 0.3 is 0 Å². The molecular weight excluding hydrogens is 248 g/mol. The number of piperidine rings is 1. The van der Waals surface area contributed by atoms with Gasteiger partial charge < -0.3 is 9.64 Å². The third-order valence-corrected chi connectivity index (χ3v) is 3.83. The van der Waals surface area contributed by atoms with Gasteiger partial charge in [0.2, 0.25) is 0 Å². The molecule has 0 radical (unpaired) electrons. The molecule has 2 fully saturated rings. The Morgan fingerprint density at radius 2 is 1.58 bits per heavy atom. The lowest BCUT2D eigenvalue weighted by molar-refractivity contribution is -0.0617. The second-order valence-corrected chi connectivity index (χ2v) is 5.99. The quantitative estimate of drug-likeness (QED) is 0.754. The summed E-state index contributed by atoms with van der Waals surface area (Å²) in [5, 5.41) is 0. The van der Waals surface area contributed by atoms with Crippen LogP contribution in [0.5, 0.6) is 0 Å². The molecule has 0 atom stereocenters. The van der Waals surface area contributed by atoms with E-state index in [1.54, 1.807) is 0 Å². The van der Waals surface area contributed by atoms with Crippen LogP contribution in [0.3, 0.4) is 0 Å². The third kappa shape index (κ3) is 5.74. The summed E-state index contributed by atoms with van der Waals surface area (Å²) in [6.07, 6.45) is 2.68. The van der Waals surface area contributed by atoms with Crippen LogP contribution in [0.25, 0.3) is 0 Å². The van der Waals surface area contributed by atoms with Crippen LogP contribution < -0.4 is 0 Å². The van der Waals surface area contributed by atoms with Gasteiger partial charge in [-0.05, 0) is 26.7 Å². The first-order valence-electron chi connectivity index (χ1n) is 7.63. The molecule has 1 heterocycles. The van der Waals surface area contributed by atoms with Crippen molar-refractivity contribution in [2.45, 2.75) is 65.4 Å². The molecule has 2 nitrogen and oxygen atoms in total. The Kier molecular flexibility index (Phi) is 6.18. The van der Waals surface area contributed by atoms with Crippen LogP contribution in [0.4, 0.5) is 8.78 Å². The molecule has 2 rings (SSSR count). The Bertz CT molecular complexity index is 255. The molecule has 0 spiro atoms. The molecule has 0 N–H and O–H groups in total. The normalized spacial score (nSPS) is 24.8. The maximum Gasteiger partial charge on any atom is 0.250 e. The highest BCUT2D eigenvalue weighted by atomic mass is 19.3. The zero-order valence-electron chi connectivity index (χ0n) is 12.8. The van der Waals surface area contributed by atoms with Gasteiger partial charge in [-0.2, -0.15) is 0 Å². The van der Waals surface area contributed by atoms with Crippen LogP contribution in [0, 0.1) is 5.41 Å². The first-order chi connectivity index (χ1) is 8.91. The molecule has 4 heteroatoms. The summed E-state index contributed by atoms with van der Waals surface area (Å²) < 4.78 is 31.7. The zero-order chi connectivity index (χ0) is 14.5. The van der Waals surface area contributed by atoms with Gasteiger partial charge in [-0.3, -0.25) is 0 Å². The predicted molar refractivity (Wildman–Crippen MR) is 74.7 cm³/mol. The molecule has 0 aromatic carbocycles. The van der Waals surface area contributed by atoms with Crippen molar-refractivity contribution in [1.82, 2.24) is 4.90 Å². The first kappa shape index (κ1) is 16.8. The lowest BCUT2D eigenvalue weighted by Crippen LogP contribution is -2.42. The number of nitrogens with zero attached hydrogens (tertiary/aromatic N) is 1. The van der Waals surface area contributed by atoms with Crippen LogP contribution in [0.2, 0.25) is 0 Å². The molecule has 1 aliphatic carbocycles. The molecule has 0 aromatic heterocycles. The fourth-order valence-corrected chi connectivity index (χ4v) is 2.38. The summed E-state index contributed by atoms with van der Waals surface area (Å²) in [5.74, 6) is -2.43. The standard InChI is InChI=1S/C13H23F2NO.C2H6/c1-11(2)17-10-12(3-4-12)9-16-7-5-13(14,15)6-8-16;1-2/h11H,3-10H2,1-2H3;1-2H3. The van der Waals surface area contributed by atoms with E-state index in [9.17, 15) is 8.78 Å². The maximum atomic E-state index is 13.0. The molecule has 19 heavy (non-hydrogen) atoms. The predicted octanol–water partition coefficient (Wildman–Crippen LogP) is 3.95. The van der Waals surface area contributed by atoms with Crippen LogP contribution >= 0.6 is 0 Å². The minimum atomic E-state index is -2.43. The van der Waals surface area contributed by atoms with Gasteiger partial charge in [-0.1, -0.05) is 13.8 Å². The number of hydrogen-bond donors (Lipinski definition) is 0. The Hall–Kier alpha value is -0.220. The van der Waals surface area contributed by atoms with Gasteiger partial charge in [0, 0.05) is 37.9 Å². The van der Waals surface area contributed by atoms with Crippen LogP contribution in [0.1, 0.15) is 53.4 Å². The SMILES string of the molecule is CC.CC(C)OCC1(CN2CCC(F)(F)CC2)CC1. The van der Waals surface area contributed by atoms with Crippen molar-refractivity contribution in [1.29, 1.82) is 0 Å². The average molecular weight is 277 g/mol. The summed E-state index contributed by atoms with van der Waals surface area (Å²) in [6, 6.07) is 0. The number of rotatable bonds is 5. The number of hydrogen-bond acceptors (Lipinski definition) is 2. The summed E-state index contributed by atoms with van der Waals surface area (Å²) in [7, 11) is 0. The molecule has 1 aliphatic heterocycles. The lowest BCUT2D eigenvalue weighted by atomic mass is 10.0. The average Bonchev–Trinajstić information content (AvgIpc) is 3.13. The van der Waals surface area contributed by atoms with E-state index < -0.39 is 5.92 Å². The number of halogens is 2. The number of ether oxygens (including phenoxy) is 1. The Balaban J connectivity index is 0.000000861. The van der Waals surface area contributed by atoms with E-state index in [0.29, 0.717) is 13.1 Å². The largest absolute Gasteiger partial charge is 0.378 e. The van der Waals surface area contributed by atoms with Gasteiger partial charge in [0.25, 0.3) is 5.92 Å². The van der Waals surface area contributed by atoms with E-state index in [2.05, 4.69) is 4.90 Å². The van der Waals surface area contributed by atoms with Crippen molar-refractivity contribution >= 4 is 0 Å². The van der Waals surface area contributed by atoms with Crippen LogP contribution in [0.15, 0.2) is 0 Å². The fraction of sp³-hybridized carbons (Fsp3) is 1.00. The van der Waals surface area contributed by atoms with E-state index in [4.69, 9.17) is 4.74 Å². The van der Waals surface area contributed by atoms with Crippen LogP contribution in [-0.2, 0) is 4.74 Å². The second-order valence-electron chi connectivity index (χ2n) is 5.99. The molecular formula is C15H29F2NO. The van der Waals surface area contributed by atoms with Gasteiger partial charge in [-0.15, -0.1) is 0 Å².